The number of rotatable bonds is 5. The Bertz CT molecular complexity index is 2800. The smallest absolute Gasteiger partial charge is 0.246 e. The first-order chi connectivity index (χ1) is 24.3. The maximum atomic E-state index is 5.30. The van der Waals surface area contributed by atoms with Gasteiger partial charge in [-0.3, -0.25) is 13.5 Å². The molecule has 0 bridgehead atoms. The maximum Gasteiger partial charge on any atom is 0.246 e. The number of hydrogen-bond donors (Lipinski definition) is 0. The van der Waals surface area contributed by atoms with Gasteiger partial charge in [0.05, 0.1) is 16.6 Å². The number of para-hydroxylation sites is 5. The van der Waals surface area contributed by atoms with Crippen molar-refractivity contribution in [1.82, 2.24) is 28.6 Å². The molecule has 7 heteroatoms. The highest BCUT2D eigenvalue weighted by Gasteiger charge is 2.28. The van der Waals surface area contributed by atoms with Crippen LogP contribution in [0.4, 0.5) is 0 Å². The standard InChI is InChI=1S/C42H28N7/c1-4-14-29(15-5-1)30-24-26-31(27-25-30)40-44-38(28-46(45-40)32-16-6-2-7-17-32)49-39-34-20-10-12-22-36(34)47(33-18-8-3-9-19-33)41(39)48-37-23-13-11-21-35(37)43-42(48)49/h1-28H/q+1. The van der Waals surface area contributed by atoms with E-state index in [1.54, 1.807) is 0 Å². The molecule has 49 heavy (non-hydrogen) atoms. The number of imidazole rings is 2. The molecule has 0 fully saturated rings. The van der Waals surface area contributed by atoms with Crippen molar-refractivity contribution >= 4 is 38.9 Å². The zero-order chi connectivity index (χ0) is 32.3. The molecule has 4 aromatic heterocycles. The second kappa shape index (κ2) is 10.9. The first kappa shape index (κ1) is 27.3. The van der Waals surface area contributed by atoms with Crippen molar-refractivity contribution < 1.29 is 4.68 Å². The predicted molar refractivity (Wildman–Crippen MR) is 194 cm³/mol. The number of benzene rings is 6. The van der Waals surface area contributed by atoms with Gasteiger partial charge in [-0.05, 0) is 46.1 Å². The number of fused-ring (bicyclic) bond motifs is 7. The van der Waals surface area contributed by atoms with Crippen molar-refractivity contribution in [3.63, 3.8) is 0 Å². The molecule has 7 nitrogen and oxygen atoms in total. The predicted octanol–water partition coefficient (Wildman–Crippen LogP) is 8.78. The average molecular weight is 631 g/mol. The Balaban J connectivity index is 1.30. The fourth-order valence-electron chi connectivity index (χ4n) is 6.95. The lowest BCUT2D eigenvalue weighted by molar-refractivity contribution is -0.659. The molecule has 0 atom stereocenters. The van der Waals surface area contributed by atoms with Crippen molar-refractivity contribution in [2.75, 3.05) is 0 Å². The largest absolute Gasteiger partial charge is 0.294 e. The maximum absolute atomic E-state index is 5.30. The van der Waals surface area contributed by atoms with E-state index < -0.39 is 0 Å². The molecule has 0 saturated carbocycles. The summed E-state index contributed by atoms with van der Waals surface area (Å²) in [5.41, 5.74) is 10.3. The van der Waals surface area contributed by atoms with Gasteiger partial charge >= 0.3 is 0 Å². The summed E-state index contributed by atoms with van der Waals surface area (Å²) in [6.45, 7) is 0. The minimum Gasteiger partial charge on any atom is -0.294 e. The van der Waals surface area contributed by atoms with Gasteiger partial charge < -0.3 is 0 Å². The lowest BCUT2D eigenvalue weighted by Gasteiger charge is -2.07. The summed E-state index contributed by atoms with van der Waals surface area (Å²) in [7, 11) is 0. The zero-order valence-electron chi connectivity index (χ0n) is 26.3. The van der Waals surface area contributed by atoms with E-state index in [1.807, 2.05) is 41.2 Å². The van der Waals surface area contributed by atoms with Crippen LogP contribution < -0.4 is 4.68 Å². The van der Waals surface area contributed by atoms with Crippen LogP contribution in [0, 0.1) is 0 Å². The second-order valence-electron chi connectivity index (χ2n) is 12.1. The zero-order valence-corrected chi connectivity index (χ0v) is 26.3. The fraction of sp³-hybridized carbons (Fsp3) is 0. The SMILES string of the molecule is c1ccc(-c2ccc(-c3nc(-n4c5c6ccccc6n(-c6ccccc6)c5n5c6ccccc6nc45)c[n+](-c4ccccc4)n3)cc2)cc1. The Hall–Kier alpha value is -6.86. The van der Waals surface area contributed by atoms with Gasteiger partial charge in [-0.25, -0.2) is 4.98 Å². The normalized spacial score (nSPS) is 11.7. The van der Waals surface area contributed by atoms with E-state index in [1.165, 1.54) is 5.56 Å². The van der Waals surface area contributed by atoms with E-state index in [0.717, 1.165) is 61.4 Å². The highest BCUT2D eigenvalue weighted by atomic mass is 15.3. The van der Waals surface area contributed by atoms with Crippen LogP contribution in [0.5, 0.6) is 0 Å². The molecule has 0 spiro atoms. The average Bonchev–Trinajstić information content (AvgIpc) is 3.82. The van der Waals surface area contributed by atoms with Crippen LogP contribution >= 0.6 is 0 Å². The van der Waals surface area contributed by atoms with E-state index in [9.17, 15) is 0 Å². The minimum absolute atomic E-state index is 0.615. The van der Waals surface area contributed by atoms with Gasteiger partial charge in [0, 0.05) is 33.9 Å². The van der Waals surface area contributed by atoms with Crippen LogP contribution in [-0.2, 0) is 0 Å². The summed E-state index contributed by atoms with van der Waals surface area (Å²) in [6.07, 6.45) is 2.00. The van der Waals surface area contributed by atoms with Crippen molar-refractivity contribution in [3.05, 3.63) is 170 Å². The molecule has 10 aromatic rings. The molecule has 230 valence electrons. The Morgan fingerprint density at radius 1 is 0.490 bits per heavy atom. The van der Waals surface area contributed by atoms with Crippen LogP contribution in [0.3, 0.4) is 0 Å². The highest BCUT2D eigenvalue weighted by Crippen LogP contribution is 2.38. The number of nitrogens with zero attached hydrogens (tertiary/aromatic N) is 7. The lowest BCUT2D eigenvalue weighted by atomic mass is 10.0. The third-order valence-corrected chi connectivity index (χ3v) is 9.18. The van der Waals surface area contributed by atoms with E-state index >= 15 is 0 Å². The van der Waals surface area contributed by atoms with Crippen molar-refractivity contribution in [1.29, 1.82) is 0 Å². The Morgan fingerprint density at radius 2 is 1.10 bits per heavy atom. The van der Waals surface area contributed by atoms with Crippen molar-refractivity contribution in [3.8, 4) is 39.7 Å². The fourth-order valence-corrected chi connectivity index (χ4v) is 6.95. The summed E-state index contributed by atoms with van der Waals surface area (Å²) in [5.74, 6) is 2.11. The van der Waals surface area contributed by atoms with E-state index in [2.05, 4.69) is 147 Å². The molecule has 0 aliphatic rings. The molecule has 0 aliphatic heterocycles. The summed E-state index contributed by atoms with van der Waals surface area (Å²) in [5, 5.41) is 6.17. The second-order valence-corrected chi connectivity index (χ2v) is 12.1. The molecule has 0 amide bonds. The van der Waals surface area contributed by atoms with Gasteiger partial charge in [0.15, 0.2) is 5.65 Å². The molecule has 0 aliphatic carbocycles. The molecular formula is C42H28N7+. The monoisotopic (exact) mass is 630 g/mol. The molecular weight excluding hydrogens is 603 g/mol. The first-order valence-electron chi connectivity index (χ1n) is 16.3. The first-order valence-corrected chi connectivity index (χ1v) is 16.3. The number of hydrogen-bond acceptors (Lipinski definition) is 3. The Morgan fingerprint density at radius 3 is 1.88 bits per heavy atom. The Labute approximate surface area is 281 Å². The third-order valence-electron chi connectivity index (χ3n) is 9.18. The Kier molecular flexibility index (Phi) is 6.04. The van der Waals surface area contributed by atoms with Gasteiger partial charge in [-0.1, -0.05) is 121 Å². The van der Waals surface area contributed by atoms with Crippen LogP contribution in [-0.4, -0.2) is 28.6 Å². The molecule has 6 aromatic carbocycles. The molecule has 0 radical (unpaired) electrons. The molecule has 10 rings (SSSR count). The molecule has 4 heterocycles. The molecule has 0 unspecified atom stereocenters. The van der Waals surface area contributed by atoms with Gasteiger partial charge in [0.25, 0.3) is 0 Å². The summed E-state index contributed by atoms with van der Waals surface area (Å²) < 4.78 is 8.71. The summed E-state index contributed by atoms with van der Waals surface area (Å²) in [6, 6.07) is 56.5. The van der Waals surface area contributed by atoms with E-state index in [0.29, 0.717) is 11.6 Å². The molecule has 0 N–H and O–H groups in total. The van der Waals surface area contributed by atoms with Crippen LogP contribution in [0.25, 0.3) is 78.6 Å². The molecule has 0 saturated heterocycles. The number of aromatic nitrogens is 7. The van der Waals surface area contributed by atoms with Gasteiger partial charge in [-0.2, -0.15) is 4.98 Å². The van der Waals surface area contributed by atoms with Crippen LogP contribution in [0.1, 0.15) is 0 Å². The van der Waals surface area contributed by atoms with E-state index in [4.69, 9.17) is 15.1 Å². The third kappa shape index (κ3) is 4.29. The summed E-state index contributed by atoms with van der Waals surface area (Å²) >= 11 is 0. The van der Waals surface area contributed by atoms with Gasteiger partial charge in [0.1, 0.15) is 5.52 Å². The quantitative estimate of drug-likeness (QED) is 0.179. The van der Waals surface area contributed by atoms with Gasteiger partial charge in [-0.15, -0.1) is 0 Å². The van der Waals surface area contributed by atoms with Gasteiger partial charge in [0.2, 0.25) is 29.3 Å². The minimum atomic E-state index is 0.615. The van der Waals surface area contributed by atoms with Crippen molar-refractivity contribution in [2.45, 2.75) is 0 Å². The van der Waals surface area contributed by atoms with Crippen LogP contribution in [0.2, 0.25) is 0 Å². The lowest BCUT2D eigenvalue weighted by Crippen LogP contribution is -2.36. The highest BCUT2D eigenvalue weighted by molar-refractivity contribution is 6.10. The van der Waals surface area contributed by atoms with E-state index in [-0.39, 0.29) is 0 Å². The van der Waals surface area contributed by atoms with Crippen molar-refractivity contribution in [2.24, 2.45) is 0 Å². The van der Waals surface area contributed by atoms with Crippen LogP contribution in [0.15, 0.2) is 170 Å². The topological polar surface area (TPSA) is 56.8 Å². The summed E-state index contributed by atoms with van der Waals surface area (Å²) in [4.78, 5) is 10.5.